The van der Waals surface area contributed by atoms with Crippen LogP contribution in [0.5, 0.6) is 5.75 Å². The second-order valence-electron chi connectivity index (χ2n) is 8.62. The summed E-state index contributed by atoms with van der Waals surface area (Å²) in [5.74, 6) is 0.0464. The van der Waals surface area contributed by atoms with Crippen molar-refractivity contribution in [3.05, 3.63) is 120 Å². The molecule has 0 atom stereocenters. The number of aromatic nitrogens is 2. The van der Waals surface area contributed by atoms with Crippen molar-refractivity contribution in [3.63, 3.8) is 0 Å². The quantitative estimate of drug-likeness (QED) is 0.277. The maximum Gasteiger partial charge on any atom is 0.303 e. The molecule has 0 saturated carbocycles. The van der Waals surface area contributed by atoms with E-state index in [9.17, 15) is 9.90 Å². The lowest BCUT2D eigenvalue weighted by atomic mass is 10.0. The Morgan fingerprint density at radius 3 is 2.51 bits per heavy atom. The molecule has 2 heterocycles. The van der Waals surface area contributed by atoms with E-state index in [-0.39, 0.29) is 6.42 Å². The molecule has 5 rings (SSSR count). The van der Waals surface area contributed by atoms with Crippen LogP contribution in [0.3, 0.4) is 0 Å². The van der Waals surface area contributed by atoms with Crippen LogP contribution in [0.25, 0.3) is 21.9 Å². The molecule has 174 valence electrons. The minimum absolute atomic E-state index is 0.116. The molecule has 35 heavy (non-hydrogen) atoms. The average molecular weight is 463 g/mol. The van der Waals surface area contributed by atoms with Crippen LogP contribution in [-0.2, 0) is 24.4 Å². The molecule has 0 amide bonds. The Morgan fingerprint density at radius 2 is 1.71 bits per heavy atom. The van der Waals surface area contributed by atoms with Crippen molar-refractivity contribution in [3.8, 4) is 16.9 Å². The Kier molecular flexibility index (Phi) is 6.57. The van der Waals surface area contributed by atoms with Gasteiger partial charge in [-0.25, -0.2) is 0 Å². The highest BCUT2D eigenvalue weighted by Gasteiger charge is 2.11. The fourth-order valence-corrected chi connectivity index (χ4v) is 4.29. The van der Waals surface area contributed by atoms with Gasteiger partial charge in [-0.2, -0.15) is 0 Å². The summed E-state index contributed by atoms with van der Waals surface area (Å²) in [7, 11) is 0. The smallest absolute Gasteiger partial charge is 0.303 e. The number of carbonyl (C=O) groups is 1. The third-order valence-electron chi connectivity index (χ3n) is 6.03. The van der Waals surface area contributed by atoms with Gasteiger partial charge in [-0.15, -0.1) is 0 Å². The number of ether oxygens (including phenoxy) is 1. The molecule has 0 fully saturated rings. The van der Waals surface area contributed by atoms with E-state index < -0.39 is 5.97 Å². The molecule has 2 aromatic heterocycles. The number of aliphatic carboxylic acids is 1. The first-order valence-corrected chi connectivity index (χ1v) is 11.6. The number of hydrogen-bond donors (Lipinski definition) is 1. The molecule has 0 saturated heterocycles. The number of carboxylic acids is 1. The minimum atomic E-state index is -0.782. The average Bonchev–Trinajstić information content (AvgIpc) is 3.30. The summed E-state index contributed by atoms with van der Waals surface area (Å²) in [4.78, 5) is 15.3. The fraction of sp³-hybridized carbons (Fsp3) is 0.133. The lowest BCUT2D eigenvalue weighted by molar-refractivity contribution is -0.136. The normalized spacial score (nSPS) is 11.0. The standard InChI is InChI=1S/C30H26N2O3/c33-30(34)13-11-27-19-32(20-29(27)24-6-2-1-3-7-24)18-22-8-9-26-16-28(12-10-25(26)15-22)35-21-23-5-4-14-31-17-23/h1-10,12,14-17,19-20H,11,13,18,21H2,(H,33,34). The summed E-state index contributed by atoms with van der Waals surface area (Å²) in [5, 5.41) is 11.4. The third kappa shape index (κ3) is 5.58. The molecule has 5 aromatic rings. The molecule has 0 bridgehead atoms. The number of pyridine rings is 1. The Labute approximate surface area is 204 Å². The lowest BCUT2D eigenvalue weighted by Gasteiger charge is -2.09. The van der Waals surface area contributed by atoms with Gasteiger partial charge in [-0.05, 0) is 58.1 Å². The van der Waals surface area contributed by atoms with Crippen LogP contribution in [0.2, 0.25) is 0 Å². The van der Waals surface area contributed by atoms with E-state index in [2.05, 4.69) is 64.4 Å². The third-order valence-corrected chi connectivity index (χ3v) is 6.03. The molecule has 1 N–H and O–H groups in total. The first kappa shape index (κ1) is 22.4. The Balaban J connectivity index is 1.34. The van der Waals surface area contributed by atoms with Crippen molar-refractivity contribution in [2.75, 3.05) is 0 Å². The van der Waals surface area contributed by atoms with Gasteiger partial charge < -0.3 is 14.4 Å². The van der Waals surface area contributed by atoms with Gasteiger partial charge in [0.15, 0.2) is 0 Å². The Bertz CT molecular complexity index is 1440. The van der Waals surface area contributed by atoms with Crippen molar-refractivity contribution < 1.29 is 14.6 Å². The van der Waals surface area contributed by atoms with Crippen molar-refractivity contribution in [1.29, 1.82) is 0 Å². The molecule has 5 nitrogen and oxygen atoms in total. The molecule has 0 aliphatic rings. The van der Waals surface area contributed by atoms with Gasteiger partial charge in [-0.3, -0.25) is 9.78 Å². The molecule has 0 aliphatic carbocycles. The SMILES string of the molecule is O=C(O)CCc1cn(Cc2ccc3cc(OCc4cccnc4)ccc3c2)cc1-c1ccccc1. The summed E-state index contributed by atoms with van der Waals surface area (Å²) in [6, 6.07) is 26.6. The van der Waals surface area contributed by atoms with E-state index in [1.807, 2.05) is 42.6 Å². The number of benzene rings is 3. The van der Waals surface area contributed by atoms with Crippen molar-refractivity contribution >= 4 is 16.7 Å². The second-order valence-corrected chi connectivity index (χ2v) is 8.62. The van der Waals surface area contributed by atoms with E-state index in [0.717, 1.165) is 38.8 Å². The predicted molar refractivity (Wildman–Crippen MR) is 137 cm³/mol. The van der Waals surface area contributed by atoms with Crippen LogP contribution in [0, 0.1) is 0 Å². The van der Waals surface area contributed by atoms with Gasteiger partial charge in [0, 0.05) is 48.9 Å². The predicted octanol–water partition coefficient (Wildman–Crippen LogP) is 6.35. The number of hydrogen-bond acceptors (Lipinski definition) is 3. The topological polar surface area (TPSA) is 64.3 Å². The summed E-state index contributed by atoms with van der Waals surface area (Å²) in [6.45, 7) is 1.20. The van der Waals surface area contributed by atoms with Crippen LogP contribution in [0.4, 0.5) is 0 Å². The van der Waals surface area contributed by atoms with Gasteiger partial charge in [0.25, 0.3) is 0 Å². The Hall–Kier alpha value is -4.38. The summed E-state index contributed by atoms with van der Waals surface area (Å²) >= 11 is 0. The number of fused-ring (bicyclic) bond motifs is 1. The zero-order valence-electron chi connectivity index (χ0n) is 19.3. The zero-order chi connectivity index (χ0) is 24.0. The monoisotopic (exact) mass is 462 g/mol. The maximum atomic E-state index is 11.2. The summed E-state index contributed by atoms with van der Waals surface area (Å²) < 4.78 is 8.08. The van der Waals surface area contributed by atoms with Crippen molar-refractivity contribution in [1.82, 2.24) is 9.55 Å². The fourth-order valence-electron chi connectivity index (χ4n) is 4.29. The van der Waals surface area contributed by atoms with Crippen LogP contribution >= 0.6 is 0 Å². The molecular formula is C30H26N2O3. The molecule has 0 unspecified atom stereocenters. The van der Waals surface area contributed by atoms with Crippen molar-refractivity contribution in [2.45, 2.75) is 26.0 Å². The van der Waals surface area contributed by atoms with Crippen LogP contribution in [-0.4, -0.2) is 20.6 Å². The van der Waals surface area contributed by atoms with E-state index >= 15 is 0 Å². The van der Waals surface area contributed by atoms with E-state index in [1.165, 1.54) is 5.56 Å². The highest BCUT2D eigenvalue weighted by atomic mass is 16.5. The second kappa shape index (κ2) is 10.3. The summed E-state index contributed by atoms with van der Waals surface area (Å²) in [6.07, 6.45) is 8.38. The maximum absolute atomic E-state index is 11.2. The highest BCUT2D eigenvalue weighted by Crippen LogP contribution is 2.28. The summed E-state index contributed by atoms with van der Waals surface area (Å²) in [5.41, 5.74) is 5.45. The van der Waals surface area contributed by atoms with Crippen LogP contribution < -0.4 is 4.74 Å². The van der Waals surface area contributed by atoms with E-state index in [1.54, 1.807) is 6.20 Å². The van der Waals surface area contributed by atoms with Gasteiger partial charge in [0.05, 0.1) is 0 Å². The lowest BCUT2D eigenvalue weighted by Crippen LogP contribution is -1.98. The number of nitrogens with zero attached hydrogens (tertiary/aromatic N) is 2. The Morgan fingerprint density at radius 1 is 0.886 bits per heavy atom. The highest BCUT2D eigenvalue weighted by molar-refractivity contribution is 5.84. The number of rotatable bonds is 9. The molecule has 3 aromatic carbocycles. The van der Waals surface area contributed by atoms with Gasteiger partial charge in [-0.1, -0.05) is 54.6 Å². The largest absolute Gasteiger partial charge is 0.489 e. The van der Waals surface area contributed by atoms with E-state index in [4.69, 9.17) is 4.74 Å². The van der Waals surface area contributed by atoms with E-state index in [0.29, 0.717) is 19.6 Å². The molecule has 0 aliphatic heterocycles. The van der Waals surface area contributed by atoms with Crippen LogP contribution in [0.15, 0.2) is 104 Å². The molecule has 0 radical (unpaired) electrons. The van der Waals surface area contributed by atoms with Gasteiger partial charge in [0.2, 0.25) is 0 Å². The minimum Gasteiger partial charge on any atom is -0.489 e. The van der Waals surface area contributed by atoms with Gasteiger partial charge >= 0.3 is 5.97 Å². The molecule has 5 heteroatoms. The van der Waals surface area contributed by atoms with Crippen molar-refractivity contribution in [2.24, 2.45) is 0 Å². The first-order valence-electron chi connectivity index (χ1n) is 11.6. The number of aryl methyl sites for hydroxylation is 1. The van der Waals surface area contributed by atoms with Crippen LogP contribution in [0.1, 0.15) is 23.1 Å². The molecule has 0 spiro atoms. The molecular weight excluding hydrogens is 436 g/mol. The number of carboxylic acid groups (broad SMARTS) is 1. The zero-order valence-corrected chi connectivity index (χ0v) is 19.3. The first-order chi connectivity index (χ1) is 17.1. The van der Waals surface area contributed by atoms with Gasteiger partial charge in [0.1, 0.15) is 12.4 Å².